The predicted octanol–water partition coefficient (Wildman–Crippen LogP) is 4.20. The summed E-state index contributed by atoms with van der Waals surface area (Å²) in [5, 5.41) is 0.492. The van der Waals surface area contributed by atoms with E-state index in [1.807, 2.05) is 27.7 Å². The highest BCUT2D eigenvalue weighted by atomic mass is 32.1. The zero-order valence-corrected chi connectivity index (χ0v) is 24.2. The Morgan fingerprint density at radius 1 is 0.622 bits per heavy atom. The maximum Gasteiger partial charge on any atom is 0.265 e. The Morgan fingerprint density at radius 3 is 1.35 bits per heavy atom. The van der Waals surface area contributed by atoms with Crippen LogP contribution >= 0.6 is 24.4 Å². The maximum atomic E-state index is 13.2. The molecule has 0 atom stereocenters. The molecule has 2 saturated heterocycles. The highest BCUT2D eigenvalue weighted by molar-refractivity contribution is 7.80. The van der Waals surface area contributed by atoms with Gasteiger partial charge in [0, 0.05) is 26.2 Å². The first-order valence-corrected chi connectivity index (χ1v) is 14.3. The third-order valence-electron chi connectivity index (χ3n) is 6.45. The molecule has 0 bridgehead atoms. The fourth-order valence-electron chi connectivity index (χ4n) is 4.12. The number of rotatable bonds is 14. The normalized spacial score (nSPS) is 17.8. The number of thiocarbonyl (C=S) groups is 2. The second kappa shape index (κ2) is 15.1. The van der Waals surface area contributed by atoms with Crippen LogP contribution in [0.3, 0.4) is 0 Å². The van der Waals surface area contributed by atoms with Crippen LogP contribution in [0.15, 0.2) is 23.8 Å². The van der Waals surface area contributed by atoms with Crippen LogP contribution in [0.25, 0.3) is 0 Å². The number of hydrogen-bond acceptors (Lipinski definition) is 6. The number of allylic oxidation sites excluding steroid dienone is 2. The molecule has 0 radical (unpaired) electrons. The van der Waals surface area contributed by atoms with Crippen molar-refractivity contribution in [2.24, 2.45) is 5.92 Å². The highest BCUT2D eigenvalue weighted by Crippen LogP contribution is 2.23. The van der Waals surface area contributed by atoms with Crippen molar-refractivity contribution < 1.29 is 19.2 Å². The molecule has 2 aliphatic rings. The van der Waals surface area contributed by atoms with Gasteiger partial charge in [-0.05, 0) is 56.2 Å². The molecule has 2 aliphatic heterocycles. The summed E-state index contributed by atoms with van der Waals surface area (Å²) in [7, 11) is 0. The van der Waals surface area contributed by atoms with E-state index < -0.39 is 17.7 Å². The van der Waals surface area contributed by atoms with E-state index in [1.54, 1.807) is 0 Å². The van der Waals surface area contributed by atoms with Crippen LogP contribution < -0.4 is 0 Å². The number of carbonyl (C=O) groups is 4. The van der Waals surface area contributed by atoms with Gasteiger partial charge in [0.15, 0.2) is 10.2 Å². The van der Waals surface area contributed by atoms with Gasteiger partial charge in [0.1, 0.15) is 11.5 Å². The molecular formula is C27H40N4O4S2. The fraction of sp³-hybridized carbons (Fsp3) is 0.630. The van der Waals surface area contributed by atoms with Crippen molar-refractivity contribution in [1.29, 1.82) is 0 Å². The van der Waals surface area contributed by atoms with E-state index in [2.05, 4.69) is 0 Å². The van der Waals surface area contributed by atoms with E-state index in [1.165, 1.54) is 37.8 Å². The molecule has 2 fully saturated rings. The van der Waals surface area contributed by atoms with Gasteiger partial charge in [-0.1, -0.05) is 65.5 Å². The highest BCUT2D eigenvalue weighted by Gasteiger charge is 2.42. The molecule has 0 aromatic carbocycles. The first kappa shape index (κ1) is 30.8. The lowest BCUT2D eigenvalue weighted by Crippen LogP contribution is -2.59. The molecule has 0 N–H and O–H groups in total. The molecule has 2 rings (SSSR count). The summed E-state index contributed by atoms with van der Waals surface area (Å²) in [4.78, 5) is 58.8. The minimum Gasteiger partial charge on any atom is -0.288 e. The van der Waals surface area contributed by atoms with Crippen molar-refractivity contribution in [2.75, 3.05) is 26.2 Å². The number of nitrogens with zero attached hydrogens (tertiary/aromatic N) is 4. The van der Waals surface area contributed by atoms with Gasteiger partial charge < -0.3 is 0 Å². The van der Waals surface area contributed by atoms with Crippen molar-refractivity contribution in [3.05, 3.63) is 23.8 Å². The molecule has 0 unspecified atom stereocenters. The van der Waals surface area contributed by atoms with Crippen molar-refractivity contribution in [1.82, 2.24) is 19.6 Å². The van der Waals surface area contributed by atoms with Crippen LogP contribution in [-0.2, 0) is 19.2 Å². The van der Waals surface area contributed by atoms with Crippen molar-refractivity contribution >= 4 is 58.3 Å². The van der Waals surface area contributed by atoms with E-state index in [0.29, 0.717) is 26.2 Å². The number of carbonyl (C=O) groups excluding carboxylic acids is 4. The first-order chi connectivity index (χ1) is 17.7. The van der Waals surface area contributed by atoms with Gasteiger partial charge in [-0.25, -0.2) is 0 Å². The quantitative estimate of drug-likeness (QED) is 0.140. The Morgan fingerprint density at radius 2 is 0.973 bits per heavy atom. The van der Waals surface area contributed by atoms with Crippen molar-refractivity contribution in [3.63, 3.8) is 0 Å². The minimum atomic E-state index is -1.06. The van der Waals surface area contributed by atoms with Gasteiger partial charge in [0.25, 0.3) is 11.8 Å². The fourth-order valence-corrected chi connectivity index (χ4v) is 4.83. The van der Waals surface area contributed by atoms with Gasteiger partial charge in [-0.2, -0.15) is 0 Å². The van der Waals surface area contributed by atoms with Crippen LogP contribution in [-0.4, -0.2) is 79.6 Å². The molecular weight excluding hydrogens is 508 g/mol. The summed E-state index contributed by atoms with van der Waals surface area (Å²) in [5.41, 5.74) is -0.0195. The van der Waals surface area contributed by atoms with E-state index in [4.69, 9.17) is 24.4 Å². The van der Waals surface area contributed by atoms with Crippen LogP contribution in [0.4, 0.5) is 0 Å². The van der Waals surface area contributed by atoms with Crippen LogP contribution in [0.2, 0.25) is 0 Å². The molecule has 4 amide bonds. The molecule has 2 heterocycles. The van der Waals surface area contributed by atoms with E-state index in [-0.39, 0.29) is 27.6 Å². The zero-order valence-electron chi connectivity index (χ0n) is 22.5. The summed E-state index contributed by atoms with van der Waals surface area (Å²) in [6.07, 6.45) is 10.9. The molecule has 0 spiro atoms. The third-order valence-corrected chi connectivity index (χ3v) is 7.33. The third kappa shape index (κ3) is 7.31. The summed E-state index contributed by atoms with van der Waals surface area (Å²) in [5.74, 6) is -2.70. The average molecular weight is 549 g/mol. The monoisotopic (exact) mass is 548 g/mol. The summed E-state index contributed by atoms with van der Waals surface area (Å²) in [6.45, 7) is 9.85. The number of unbranched alkanes of at least 4 members (excludes halogenated alkanes) is 4. The Bertz CT molecular complexity index is 900. The Balaban J connectivity index is 2.37. The van der Waals surface area contributed by atoms with Crippen molar-refractivity contribution in [2.45, 2.75) is 79.1 Å². The van der Waals surface area contributed by atoms with Crippen LogP contribution in [0.1, 0.15) is 79.1 Å². The molecule has 10 heteroatoms. The first-order valence-electron chi connectivity index (χ1n) is 13.5. The molecule has 8 nitrogen and oxygen atoms in total. The largest absolute Gasteiger partial charge is 0.288 e. The van der Waals surface area contributed by atoms with Crippen molar-refractivity contribution in [3.8, 4) is 0 Å². The second-order valence-electron chi connectivity index (χ2n) is 9.32. The Labute approximate surface area is 231 Å². The maximum absolute atomic E-state index is 13.2. The van der Waals surface area contributed by atoms with Gasteiger partial charge in [-0.15, -0.1) is 0 Å². The molecule has 0 saturated carbocycles. The summed E-state index contributed by atoms with van der Waals surface area (Å²) in [6, 6.07) is 0. The lowest BCUT2D eigenvalue weighted by molar-refractivity contribution is -0.145. The van der Waals surface area contributed by atoms with Crippen LogP contribution in [0.5, 0.6) is 0 Å². The summed E-state index contributed by atoms with van der Waals surface area (Å²) >= 11 is 11.0. The lowest BCUT2D eigenvalue weighted by Gasteiger charge is -2.38. The Hall–Kier alpha value is -2.46. The topological polar surface area (TPSA) is 81.2 Å². The van der Waals surface area contributed by atoms with Gasteiger partial charge in [0.2, 0.25) is 11.8 Å². The van der Waals surface area contributed by atoms with Crippen LogP contribution in [0, 0.1) is 5.92 Å². The van der Waals surface area contributed by atoms with Gasteiger partial charge >= 0.3 is 0 Å². The minimum absolute atomic E-state index is 0.0195. The average Bonchev–Trinajstić information content (AvgIpc) is 2.87. The smallest absolute Gasteiger partial charge is 0.265 e. The molecule has 0 aliphatic carbocycles. The lowest BCUT2D eigenvalue weighted by atomic mass is 10.0. The van der Waals surface area contributed by atoms with E-state index in [9.17, 15) is 19.2 Å². The molecule has 0 aromatic rings. The standard InChI is InChI=1S/C27H40N4O4S2/c1-5-9-16-28-22(32)20(23(33)29(26(28)36)17-10-6-2)14-13-15-21-24(34)30(18-11-7-3)27(37)31(25(21)35)19-12-8-4/h13-15,20H,5-12,16-19H2,1-4H3/b14-13+. The molecule has 0 aromatic heterocycles. The molecule has 37 heavy (non-hydrogen) atoms. The summed E-state index contributed by atoms with van der Waals surface area (Å²) < 4.78 is 0. The zero-order chi connectivity index (χ0) is 27.5. The van der Waals surface area contributed by atoms with Gasteiger partial charge in [0.05, 0.1) is 0 Å². The number of amides is 4. The second-order valence-corrected chi connectivity index (χ2v) is 10.0. The molecule has 204 valence electrons. The predicted molar refractivity (Wildman–Crippen MR) is 152 cm³/mol. The number of hydrogen-bond donors (Lipinski definition) is 0. The Kier molecular flexibility index (Phi) is 12.5. The van der Waals surface area contributed by atoms with E-state index in [0.717, 1.165) is 51.4 Å². The SMILES string of the molecule is CCCCN1C(=O)C(=C/C=C/C2C(=O)N(CCCC)C(=S)N(CCCC)C2=O)C(=O)N(CCCC)C1=S. The van der Waals surface area contributed by atoms with E-state index >= 15 is 0 Å². The van der Waals surface area contributed by atoms with Gasteiger partial charge in [-0.3, -0.25) is 38.8 Å².